The number of benzene rings is 1. The summed E-state index contributed by atoms with van der Waals surface area (Å²) in [5.41, 5.74) is 0.688. The smallest absolute Gasteiger partial charge is 0.332 e. The van der Waals surface area contributed by atoms with Crippen molar-refractivity contribution in [1.82, 2.24) is 19.7 Å². The van der Waals surface area contributed by atoms with Crippen molar-refractivity contribution < 1.29 is 27.2 Å². The molecule has 186 valence electrons. The number of thioether (sulfide) groups is 1. The first-order valence-electron chi connectivity index (χ1n) is 10.7. The molecule has 0 saturated carbocycles. The molecule has 0 aliphatic carbocycles. The third-order valence-electron chi connectivity index (χ3n) is 5.59. The summed E-state index contributed by atoms with van der Waals surface area (Å²) < 4.78 is 57.9. The molecule has 1 aromatic carbocycles. The Morgan fingerprint density at radius 3 is 2.43 bits per heavy atom. The summed E-state index contributed by atoms with van der Waals surface area (Å²) in [7, 11) is 0. The Morgan fingerprint density at radius 2 is 1.86 bits per heavy atom. The van der Waals surface area contributed by atoms with Gasteiger partial charge in [0.1, 0.15) is 16.4 Å². The van der Waals surface area contributed by atoms with Gasteiger partial charge in [0.15, 0.2) is 5.82 Å². The zero-order valence-corrected chi connectivity index (χ0v) is 20.7. The Morgan fingerprint density at radius 1 is 1.17 bits per heavy atom. The van der Waals surface area contributed by atoms with Crippen LogP contribution in [0.3, 0.4) is 0 Å². The molecule has 6 nitrogen and oxygen atoms in total. The second-order valence-corrected chi connectivity index (χ2v) is 10.9. The van der Waals surface area contributed by atoms with Crippen molar-refractivity contribution in [3.05, 3.63) is 64.0 Å². The summed E-state index contributed by atoms with van der Waals surface area (Å²) in [4.78, 5) is 30.8. The number of thiazole rings is 1. The van der Waals surface area contributed by atoms with E-state index in [0.717, 1.165) is 38.2 Å². The lowest BCUT2D eigenvalue weighted by Crippen LogP contribution is -2.60. The number of hydrogen-bond donors (Lipinski definition) is 0. The Balaban J connectivity index is 1.78. The molecule has 3 heterocycles. The van der Waals surface area contributed by atoms with Crippen LogP contribution in [0.2, 0.25) is 0 Å². The summed E-state index contributed by atoms with van der Waals surface area (Å²) in [5.74, 6) is -4.09. The Hall–Kier alpha value is -2.73. The first-order valence-corrected chi connectivity index (χ1v) is 12.6. The highest BCUT2D eigenvalue weighted by atomic mass is 32.2. The van der Waals surface area contributed by atoms with Gasteiger partial charge in [0.25, 0.3) is 5.91 Å². The van der Waals surface area contributed by atoms with Crippen LogP contribution in [-0.2, 0) is 10.5 Å². The average Bonchev–Trinajstić information content (AvgIpc) is 3.39. The van der Waals surface area contributed by atoms with Gasteiger partial charge < -0.3 is 4.90 Å². The quantitative estimate of drug-likeness (QED) is 0.321. The Kier molecular flexibility index (Phi) is 6.80. The van der Waals surface area contributed by atoms with Crippen LogP contribution in [0.15, 0.2) is 46.2 Å². The molecular formula is C23H22F4N4O2S2. The largest absolute Gasteiger partial charge is 0.395 e. The molecule has 3 aromatic rings. The predicted octanol–water partition coefficient (Wildman–Crippen LogP) is 5.57. The molecule has 4 rings (SSSR count). The van der Waals surface area contributed by atoms with Crippen LogP contribution in [0.4, 0.5) is 17.6 Å². The molecule has 2 atom stereocenters. The summed E-state index contributed by atoms with van der Waals surface area (Å²) in [6, 6.07) is 7.37. The van der Waals surface area contributed by atoms with E-state index in [1.165, 1.54) is 10.9 Å². The van der Waals surface area contributed by atoms with E-state index in [4.69, 9.17) is 0 Å². The standard InChI is InChI=1S/C23H22F4N4O2S2/c1-22(2,3)21(33)30-9-14(23(25,26)27)18(30)17-16(24)20(35-10-13-7-5-4-6-8-13)31(29-17)19(32)15-11-34-12-28-15/h4-8,11-12,14,18H,9-10H2,1-3H3. The van der Waals surface area contributed by atoms with Crippen molar-refractivity contribution in [3.63, 3.8) is 0 Å². The number of alkyl halides is 3. The number of nitrogens with zero attached hydrogens (tertiary/aromatic N) is 4. The molecule has 1 aliphatic heterocycles. The topological polar surface area (TPSA) is 68.1 Å². The Bertz CT molecular complexity index is 1220. The normalized spacial score (nSPS) is 18.4. The fourth-order valence-corrected chi connectivity index (χ4v) is 5.27. The van der Waals surface area contributed by atoms with Gasteiger partial charge in [-0.15, -0.1) is 11.3 Å². The van der Waals surface area contributed by atoms with Crippen LogP contribution in [-0.4, -0.2) is 44.2 Å². The average molecular weight is 527 g/mol. The zero-order valence-electron chi connectivity index (χ0n) is 19.0. The van der Waals surface area contributed by atoms with Gasteiger partial charge in [0, 0.05) is 23.1 Å². The number of rotatable bonds is 5. The minimum absolute atomic E-state index is 0.00536. The molecule has 0 bridgehead atoms. The summed E-state index contributed by atoms with van der Waals surface area (Å²) in [6.45, 7) is 4.14. The van der Waals surface area contributed by atoms with Gasteiger partial charge in [0.05, 0.1) is 17.5 Å². The van der Waals surface area contributed by atoms with Crippen molar-refractivity contribution in [2.45, 2.75) is 43.8 Å². The molecule has 2 unspecified atom stereocenters. The van der Waals surface area contributed by atoms with Gasteiger partial charge >= 0.3 is 6.18 Å². The zero-order chi connectivity index (χ0) is 25.5. The first-order chi connectivity index (χ1) is 16.4. The van der Waals surface area contributed by atoms with E-state index in [2.05, 4.69) is 10.1 Å². The second kappa shape index (κ2) is 9.38. The minimum Gasteiger partial charge on any atom is -0.332 e. The molecule has 1 aliphatic rings. The fraction of sp³-hybridized carbons (Fsp3) is 0.391. The van der Waals surface area contributed by atoms with E-state index in [9.17, 15) is 22.8 Å². The summed E-state index contributed by atoms with van der Waals surface area (Å²) >= 11 is 2.09. The molecule has 1 fully saturated rings. The van der Waals surface area contributed by atoms with Gasteiger partial charge in [-0.25, -0.2) is 9.37 Å². The lowest BCUT2D eigenvalue weighted by atomic mass is 9.82. The van der Waals surface area contributed by atoms with E-state index in [1.54, 1.807) is 32.9 Å². The number of halogens is 4. The molecule has 1 amide bonds. The van der Waals surface area contributed by atoms with Gasteiger partial charge in [-0.05, 0) is 5.56 Å². The molecule has 0 spiro atoms. The Labute approximate surface area is 207 Å². The van der Waals surface area contributed by atoms with Crippen molar-refractivity contribution in [2.24, 2.45) is 11.3 Å². The SMILES string of the molecule is CC(C)(C)C(=O)N1CC(C(F)(F)F)C1c1nn(C(=O)c2cscn2)c(SCc2ccccc2)c1F. The highest BCUT2D eigenvalue weighted by molar-refractivity contribution is 7.98. The first kappa shape index (κ1) is 25.4. The lowest BCUT2D eigenvalue weighted by Gasteiger charge is -2.49. The maximum absolute atomic E-state index is 15.8. The van der Waals surface area contributed by atoms with Crippen LogP contribution in [0.25, 0.3) is 0 Å². The number of likely N-dealkylation sites (tertiary alicyclic amines) is 1. The third-order valence-corrected chi connectivity index (χ3v) is 7.28. The van der Waals surface area contributed by atoms with Crippen LogP contribution in [0.5, 0.6) is 0 Å². The minimum atomic E-state index is -4.67. The van der Waals surface area contributed by atoms with Crippen molar-refractivity contribution in [1.29, 1.82) is 0 Å². The van der Waals surface area contributed by atoms with Gasteiger partial charge in [-0.2, -0.15) is 23.0 Å². The summed E-state index contributed by atoms with van der Waals surface area (Å²) in [6.07, 6.45) is -4.67. The molecule has 0 radical (unpaired) electrons. The summed E-state index contributed by atoms with van der Waals surface area (Å²) in [5, 5.41) is 5.25. The number of amides is 1. The molecular weight excluding hydrogens is 504 g/mol. The van der Waals surface area contributed by atoms with E-state index in [1.807, 2.05) is 18.2 Å². The molecule has 12 heteroatoms. The van der Waals surface area contributed by atoms with Crippen molar-refractivity contribution >= 4 is 34.9 Å². The van der Waals surface area contributed by atoms with E-state index in [0.29, 0.717) is 0 Å². The van der Waals surface area contributed by atoms with E-state index >= 15 is 4.39 Å². The predicted molar refractivity (Wildman–Crippen MR) is 123 cm³/mol. The van der Waals surface area contributed by atoms with Crippen LogP contribution in [0.1, 0.15) is 48.6 Å². The molecule has 2 aromatic heterocycles. The molecule has 0 N–H and O–H groups in total. The second-order valence-electron chi connectivity index (χ2n) is 9.17. The van der Waals surface area contributed by atoms with Crippen LogP contribution < -0.4 is 0 Å². The lowest BCUT2D eigenvalue weighted by molar-refractivity contribution is -0.234. The number of carbonyl (C=O) groups is 2. The maximum Gasteiger partial charge on any atom is 0.395 e. The van der Waals surface area contributed by atoms with Crippen LogP contribution in [0, 0.1) is 17.2 Å². The highest BCUT2D eigenvalue weighted by Crippen LogP contribution is 2.50. The third kappa shape index (κ3) is 4.99. The molecule has 1 saturated heterocycles. The number of hydrogen-bond acceptors (Lipinski definition) is 6. The maximum atomic E-state index is 15.8. The monoisotopic (exact) mass is 526 g/mol. The van der Waals surface area contributed by atoms with Crippen molar-refractivity contribution in [2.75, 3.05) is 6.54 Å². The van der Waals surface area contributed by atoms with Gasteiger partial charge in [0.2, 0.25) is 5.91 Å². The van der Waals surface area contributed by atoms with Gasteiger partial charge in [-0.3, -0.25) is 9.59 Å². The fourth-order valence-electron chi connectivity index (χ4n) is 3.77. The van der Waals surface area contributed by atoms with E-state index < -0.39 is 53.4 Å². The van der Waals surface area contributed by atoms with Crippen molar-refractivity contribution in [3.8, 4) is 0 Å². The number of carbonyl (C=O) groups excluding carboxylic acids is 2. The van der Waals surface area contributed by atoms with Gasteiger partial charge in [-0.1, -0.05) is 62.9 Å². The highest BCUT2D eigenvalue weighted by Gasteiger charge is 2.59. The van der Waals surface area contributed by atoms with E-state index in [-0.39, 0.29) is 16.5 Å². The number of aromatic nitrogens is 3. The molecule has 35 heavy (non-hydrogen) atoms. The van der Waals surface area contributed by atoms with Crippen LogP contribution >= 0.6 is 23.1 Å².